The maximum atomic E-state index is 14.8. The molecule has 2 aliphatic rings. The average molecular weight is 463 g/mol. The van der Waals surface area contributed by atoms with E-state index in [1.165, 1.54) is 29.2 Å². The minimum atomic E-state index is -3.08. The first kappa shape index (κ1) is 22.1. The van der Waals surface area contributed by atoms with Crippen molar-refractivity contribution in [1.82, 2.24) is 4.90 Å². The summed E-state index contributed by atoms with van der Waals surface area (Å²) in [5.41, 5.74) is -1.38. The second kappa shape index (κ2) is 8.43. The molecule has 0 saturated carbocycles. The first-order valence-electron chi connectivity index (χ1n) is 10.0. The van der Waals surface area contributed by atoms with Gasteiger partial charge in [0.2, 0.25) is 0 Å². The first-order chi connectivity index (χ1) is 15.3. The summed E-state index contributed by atoms with van der Waals surface area (Å²) in [7, 11) is 1.55. The van der Waals surface area contributed by atoms with Crippen LogP contribution in [0.15, 0.2) is 54.1 Å². The molecule has 0 N–H and O–H groups in total. The lowest BCUT2D eigenvalue weighted by Gasteiger charge is -2.48. The zero-order chi connectivity index (χ0) is 23.0. The van der Waals surface area contributed by atoms with E-state index in [9.17, 15) is 18.4 Å². The Morgan fingerprint density at radius 3 is 2.56 bits per heavy atom. The lowest BCUT2D eigenvalue weighted by Crippen LogP contribution is -2.61. The van der Waals surface area contributed by atoms with E-state index in [0.717, 1.165) is 10.5 Å². The van der Waals surface area contributed by atoms with Crippen LogP contribution in [0.3, 0.4) is 0 Å². The Morgan fingerprint density at radius 2 is 1.94 bits per heavy atom. The van der Waals surface area contributed by atoms with Gasteiger partial charge >= 0.3 is 12.0 Å². The number of hydrogen-bond donors (Lipinski definition) is 0. The van der Waals surface area contributed by atoms with E-state index in [1.807, 2.05) is 0 Å². The number of amides is 2. The van der Waals surface area contributed by atoms with E-state index in [-0.39, 0.29) is 41.5 Å². The van der Waals surface area contributed by atoms with Gasteiger partial charge in [0.15, 0.2) is 5.54 Å². The molecular formula is C23H21ClF2N2O4. The third kappa shape index (κ3) is 3.30. The second-order valence-electron chi connectivity index (χ2n) is 7.39. The first-order valence-corrected chi connectivity index (χ1v) is 10.4. The molecule has 0 bridgehead atoms. The summed E-state index contributed by atoms with van der Waals surface area (Å²) in [6.07, 6.45) is -1.74. The number of fused-ring (bicyclic) bond motifs is 3. The summed E-state index contributed by atoms with van der Waals surface area (Å²) in [6.45, 7) is 1.60. The lowest BCUT2D eigenvalue weighted by molar-refractivity contribution is -0.141. The number of anilines is 1. The maximum absolute atomic E-state index is 14.8. The average Bonchev–Trinajstić information content (AvgIpc) is 3.19. The van der Waals surface area contributed by atoms with Gasteiger partial charge in [0.1, 0.15) is 5.75 Å². The van der Waals surface area contributed by atoms with Crippen LogP contribution < -0.4 is 9.64 Å². The van der Waals surface area contributed by atoms with Crippen molar-refractivity contribution < 1.29 is 27.8 Å². The number of carbonyl (C=O) groups excluding carboxylic acids is 2. The Labute approximate surface area is 189 Å². The number of nitrogens with zero attached hydrogens (tertiary/aromatic N) is 2. The molecule has 1 atom stereocenters. The van der Waals surface area contributed by atoms with Gasteiger partial charge in [-0.1, -0.05) is 29.8 Å². The number of ether oxygens (including phenoxy) is 2. The Kier molecular flexibility index (Phi) is 5.81. The fourth-order valence-electron chi connectivity index (χ4n) is 4.31. The van der Waals surface area contributed by atoms with E-state index in [1.54, 1.807) is 38.3 Å². The van der Waals surface area contributed by atoms with Crippen molar-refractivity contribution in [2.24, 2.45) is 0 Å². The minimum Gasteiger partial charge on any atom is -0.497 e. The van der Waals surface area contributed by atoms with Crippen molar-refractivity contribution in [3.8, 4) is 5.75 Å². The Bertz CT molecular complexity index is 1090. The number of rotatable bonds is 6. The highest BCUT2D eigenvalue weighted by atomic mass is 35.5. The van der Waals surface area contributed by atoms with Crippen LogP contribution in [0.1, 0.15) is 18.1 Å². The largest absolute Gasteiger partial charge is 0.497 e. The predicted octanol–water partition coefficient (Wildman–Crippen LogP) is 4.75. The minimum absolute atomic E-state index is 0.0232. The van der Waals surface area contributed by atoms with E-state index < -0.39 is 24.0 Å². The fourth-order valence-corrected chi connectivity index (χ4v) is 4.48. The van der Waals surface area contributed by atoms with E-state index >= 15 is 0 Å². The van der Waals surface area contributed by atoms with Crippen molar-refractivity contribution in [3.05, 3.63) is 70.3 Å². The molecular weight excluding hydrogens is 442 g/mol. The number of alkyl halides is 2. The van der Waals surface area contributed by atoms with E-state index in [2.05, 4.69) is 0 Å². The summed E-state index contributed by atoms with van der Waals surface area (Å²) in [6, 6.07) is 10.9. The van der Waals surface area contributed by atoms with Crippen LogP contribution >= 0.6 is 11.6 Å². The summed E-state index contributed by atoms with van der Waals surface area (Å²) < 4.78 is 39.8. The molecule has 2 aliphatic heterocycles. The maximum Gasteiger partial charge on any atom is 0.336 e. The molecule has 0 spiro atoms. The molecule has 2 aromatic rings. The van der Waals surface area contributed by atoms with Crippen LogP contribution in [-0.2, 0) is 21.6 Å². The summed E-state index contributed by atoms with van der Waals surface area (Å²) in [5, 5.41) is 0.220. The smallest absolute Gasteiger partial charge is 0.336 e. The molecule has 2 heterocycles. The molecule has 9 heteroatoms. The molecule has 32 heavy (non-hydrogen) atoms. The van der Waals surface area contributed by atoms with Gasteiger partial charge in [0, 0.05) is 17.1 Å². The number of urea groups is 1. The van der Waals surface area contributed by atoms with Crippen molar-refractivity contribution in [1.29, 1.82) is 0 Å². The number of hydrogen-bond acceptors (Lipinski definition) is 4. The lowest BCUT2D eigenvalue weighted by atomic mass is 9.80. The zero-order valence-electron chi connectivity index (χ0n) is 17.5. The van der Waals surface area contributed by atoms with Crippen LogP contribution in [0, 0.1) is 0 Å². The molecule has 168 valence electrons. The molecule has 0 aliphatic carbocycles. The normalized spacial score (nSPS) is 19.6. The third-order valence-corrected chi connectivity index (χ3v) is 5.98. The van der Waals surface area contributed by atoms with Gasteiger partial charge < -0.3 is 14.4 Å². The van der Waals surface area contributed by atoms with Crippen molar-refractivity contribution in [3.63, 3.8) is 0 Å². The van der Waals surface area contributed by atoms with E-state index in [4.69, 9.17) is 21.1 Å². The van der Waals surface area contributed by atoms with Crippen LogP contribution in [0.4, 0.5) is 19.3 Å². The van der Waals surface area contributed by atoms with Crippen molar-refractivity contribution in [2.45, 2.75) is 25.4 Å². The van der Waals surface area contributed by atoms with Crippen molar-refractivity contribution in [2.75, 3.05) is 25.2 Å². The quantitative estimate of drug-likeness (QED) is 0.581. The molecule has 2 amide bonds. The molecule has 0 aromatic heterocycles. The van der Waals surface area contributed by atoms with Crippen LogP contribution in [0.2, 0.25) is 5.02 Å². The second-order valence-corrected chi connectivity index (χ2v) is 7.83. The van der Waals surface area contributed by atoms with Gasteiger partial charge in [0.05, 0.1) is 31.5 Å². The molecule has 4 rings (SSSR count). The van der Waals surface area contributed by atoms with Crippen LogP contribution in [0.25, 0.3) is 0 Å². The monoisotopic (exact) mass is 462 g/mol. The number of benzene rings is 2. The van der Waals surface area contributed by atoms with Crippen molar-refractivity contribution >= 4 is 29.3 Å². The van der Waals surface area contributed by atoms with E-state index in [0.29, 0.717) is 5.75 Å². The Morgan fingerprint density at radius 1 is 1.22 bits per heavy atom. The van der Waals surface area contributed by atoms with Gasteiger partial charge in [0.25, 0.3) is 6.43 Å². The summed E-state index contributed by atoms with van der Waals surface area (Å²) in [5.74, 6) is -0.219. The molecule has 0 saturated heterocycles. The number of carbonyl (C=O) groups is 2. The third-order valence-electron chi connectivity index (χ3n) is 5.75. The van der Waals surface area contributed by atoms with Gasteiger partial charge in [-0.25, -0.2) is 18.4 Å². The number of methoxy groups -OCH3 is 1. The summed E-state index contributed by atoms with van der Waals surface area (Å²) in [4.78, 5) is 28.5. The molecule has 1 unspecified atom stereocenters. The van der Waals surface area contributed by atoms with Gasteiger partial charge in [-0.3, -0.25) is 4.90 Å². The summed E-state index contributed by atoms with van der Waals surface area (Å²) >= 11 is 6.18. The van der Waals surface area contributed by atoms with Crippen LogP contribution in [-0.4, -0.2) is 43.6 Å². The number of halogens is 3. The number of esters is 1. The van der Waals surface area contributed by atoms with Crippen LogP contribution in [0.5, 0.6) is 5.75 Å². The highest BCUT2D eigenvalue weighted by molar-refractivity contribution is 6.30. The highest BCUT2D eigenvalue weighted by Gasteiger charge is 2.61. The van der Waals surface area contributed by atoms with Gasteiger partial charge in [-0.15, -0.1) is 0 Å². The fraction of sp³-hybridized carbons (Fsp3) is 0.304. The Hall–Kier alpha value is -3.13. The molecule has 0 radical (unpaired) electrons. The SMILES string of the molecule is CCOC(=O)C1=CCN2C(=O)N(Cc3ccc(OC)cc3)c3ccc(Cl)cc3C12C(F)F. The standard InChI is InChI=1S/C23H21ClF2N2O4/c1-3-32-20(29)17-10-11-28-22(30)27(13-14-4-7-16(31-2)8-5-14)19-9-6-15(24)12-18(19)23(17,28)21(25)26/h4-10,12,21H,3,11,13H2,1-2H3. The molecule has 2 aromatic carbocycles. The van der Waals surface area contributed by atoms with Gasteiger partial charge in [-0.2, -0.15) is 0 Å². The topological polar surface area (TPSA) is 59.1 Å². The molecule has 0 fully saturated rings. The highest BCUT2D eigenvalue weighted by Crippen LogP contribution is 2.53. The Balaban J connectivity index is 1.85. The zero-order valence-corrected chi connectivity index (χ0v) is 18.2. The predicted molar refractivity (Wildman–Crippen MR) is 115 cm³/mol. The van der Waals surface area contributed by atoms with Gasteiger partial charge in [-0.05, 0) is 42.8 Å². The molecule has 6 nitrogen and oxygen atoms in total.